The molecule has 0 aliphatic carbocycles. The zero-order chi connectivity index (χ0) is 19.3. The second-order valence-electron chi connectivity index (χ2n) is 5.57. The number of sulfonamides is 1. The van der Waals surface area contributed by atoms with E-state index in [2.05, 4.69) is 10.0 Å². The molecule has 0 bridgehead atoms. The van der Waals surface area contributed by atoms with Crippen molar-refractivity contribution in [3.8, 4) is 0 Å². The van der Waals surface area contributed by atoms with Gasteiger partial charge in [-0.05, 0) is 55.3 Å². The van der Waals surface area contributed by atoms with Gasteiger partial charge < -0.3 is 5.32 Å². The zero-order valence-electron chi connectivity index (χ0n) is 13.8. The number of rotatable bonds is 7. The van der Waals surface area contributed by atoms with Crippen molar-refractivity contribution in [2.75, 3.05) is 6.54 Å². The molecule has 5 nitrogen and oxygen atoms in total. The van der Waals surface area contributed by atoms with Gasteiger partial charge in [0, 0.05) is 16.6 Å². The molecule has 1 amide bonds. The predicted molar refractivity (Wildman–Crippen MR) is 99.4 cm³/mol. The van der Waals surface area contributed by atoms with Crippen molar-refractivity contribution >= 4 is 39.1 Å². The van der Waals surface area contributed by atoms with E-state index < -0.39 is 27.8 Å². The Hall–Kier alpha value is -1.67. The minimum absolute atomic E-state index is 0.119. The average Bonchev–Trinajstić information content (AvgIpc) is 2.56. The number of hydrogen-bond donors (Lipinski definition) is 2. The van der Waals surface area contributed by atoms with Gasteiger partial charge in [0.25, 0.3) is 0 Å². The summed E-state index contributed by atoms with van der Waals surface area (Å²) in [4.78, 5) is 12.0. The van der Waals surface area contributed by atoms with Crippen LogP contribution < -0.4 is 10.0 Å². The lowest BCUT2D eigenvalue weighted by Gasteiger charge is -2.15. The number of hydrogen-bond acceptors (Lipinski definition) is 3. The maximum atomic E-state index is 12.9. The highest BCUT2D eigenvalue weighted by molar-refractivity contribution is 7.89. The molecule has 0 aliphatic heterocycles. The van der Waals surface area contributed by atoms with E-state index in [1.54, 1.807) is 18.2 Å². The second-order valence-corrected chi connectivity index (χ2v) is 8.13. The molecule has 0 fully saturated rings. The summed E-state index contributed by atoms with van der Waals surface area (Å²) >= 11 is 11.9. The lowest BCUT2D eigenvalue weighted by Crippen LogP contribution is -2.45. The fourth-order valence-corrected chi connectivity index (χ4v) is 3.87. The first kappa shape index (κ1) is 20.6. The quantitative estimate of drug-likeness (QED) is 0.724. The highest BCUT2D eigenvalue weighted by atomic mass is 35.5. The maximum absolute atomic E-state index is 12.9. The summed E-state index contributed by atoms with van der Waals surface area (Å²) in [6.07, 6.45) is 0.471. The minimum atomic E-state index is -3.92. The van der Waals surface area contributed by atoms with Crippen molar-refractivity contribution in [1.82, 2.24) is 10.0 Å². The van der Waals surface area contributed by atoms with E-state index >= 15 is 0 Å². The van der Waals surface area contributed by atoms with E-state index in [9.17, 15) is 17.6 Å². The predicted octanol–water partition coefficient (Wildman–Crippen LogP) is 3.16. The van der Waals surface area contributed by atoms with Crippen molar-refractivity contribution in [2.24, 2.45) is 0 Å². The summed E-state index contributed by atoms with van der Waals surface area (Å²) in [5.74, 6) is -1.03. The standard InChI is InChI=1S/C17H17Cl2FN2O3S/c1-11(22-26(24,25)15-6-4-14(20)5-7-15)17(23)21-9-8-12-2-3-13(18)10-16(12)19/h2-7,10-11,22H,8-9H2,1H3,(H,21,23)/t11-/m0/s1. The van der Waals surface area contributed by atoms with Gasteiger partial charge in [0.15, 0.2) is 0 Å². The largest absolute Gasteiger partial charge is 0.354 e. The minimum Gasteiger partial charge on any atom is -0.354 e. The molecule has 0 heterocycles. The maximum Gasteiger partial charge on any atom is 0.241 e. The Morgan fingerprint density at radius 3 is 2.42 bits per heavy atom. The van der Waals surface area contributed by atoms with Gasteiger partial charge in [0.2, 0.25) is 15.9 Å². The smallest absolute Gasteiger partial charge is 0.241 e. The number of nitrogens with one attached hydrogen (secondary N) is 2. The Kier molecular flexibility index (Phi) is 7.00. The zero-order valence-corrected chi connectivity index (χ0v) is 16.1. The number of carbonyl (C=O) groups is 1. The normalized spacial score (nSPS) is 12.6. The van der Waals surface area contributed by atoms with Crippen LogP contribution >= 0.6 is 23.2 Å². The highest BCUT2D eigenvalue weighted by Crippen LogP contribution is 2.21. The van der Waals surface area contributed by atoms with E-state index in [1.807, 2.05) is 0 Å². The van der Waals surface area contributed by atoms with E-state index in [0.29, 0.717) is 16.5 Å². The van der Waals surface area contributed by atoms with Crippen LogP contribution in [0.3, 0.4) is 0 Å². The van der Waals surface area contributed by atoms with Crippen LogP contribution in [0.5, 0.6) is 0 Å². The molecule has 140 valence electrons. The lowest BCUT2D eigenvalue weighted by atomic mass is 10.1. The van der Waals surface area contributed by atoms with Crippen molar-refractivity contribution in [3.63, 3.8) is 0 Å². The van der Waals surface area contributed by atoms with E-state index in [1.165, 1.54) is 6.92 Å². The van der Waals surface area contributed by atoms with Crippen LogP contribution in [0.4, 0.5) is 4.39 Å². The highest BCUT2D eigenvalue weighted by Gasteiger charge is 2.21. The third-order valence-corrected chi connectivity index (χ3v) is 5.70. The summed E-state index contributed by atoms with van der Waals surface area (Å²) in [6, 6.07) is 8.41. The summed E-state index contributed by atoms with van der Waals surface area (Å²) in [5.41, 5.74) is 0.816. The fourth-order valence-electron chi connectivity index (χ4n) is 2.17. The molecule has 26 heavy (non-hydrogen) atoms. The van der Waals surface area contributed by atoms with Gasteiger partial charge >= 0.3 is 0 Å². The number of amides is 1. The van der Waals surface area contributed by atoms with Gasteiger partial charge in [-0.25, -0.2) is 12.8 Å². The Bertz CT molecular complexity index is 889. The number of carbonyl (C=O) groups excluding carboxylic acids is 1. The molecule has 2 aromatic carbocycles. The average molecular weight is 419 g/mol. The molecule has 2 aromatic rings. The van der Waals surface area contributed by atoms with Gasteiger partial charge in [-0.15, -0.1) is 0 Å². The van der Waals surface area contributed by atoms with Crippen molar-refractivity contribution in [2.45, 2.75) is 24.3 Å². The Labute approximate surface area is 161 Å². The molecule has 0 radical (unpaired) electrons. The van der Waals surface area contributed by atoms with Gasteiger partial charge in [0.1, 0.15) is 5.82 Å². The van der Waals surface area contributed by atoms with Crippen LogP contribution in [0, 0.1) is 5.82 Å². The van der Waals surface area contributed by atoms with E-state index in [-0.39, 0.29) is 11.4 Å². The molecule has 0 saturated heterocycles. The van der Waals surface area contributed by atoms with Crippen LogP contribution in [-0.4, -0.2) is 26.9 Å². The number of halogens is 3. The first-order valence-corrected chi connectivity index (χ1v) is 9.92. The Balaban J connectivity index is 1.89. The molecule has 0 spiro atoms. The number of benzene rings is 2. The molecule has 0 unspecified atom stereocenters. The fraction of sp³-hybridized carbons (Fsp3) is 0.235. The third kappa shape index (κ3) is 5.67. The van der Waals surface area contributed by atoms with E-state index in [0.717, 1.165) is 29.8 Å². The molecule has 0 aliphatic rings. The molecular weight excluding hydrogens is 402 g/mol. The third-order valence-electron chi connectivity index (χ3n) is 3.56. The molecule has 0 saturated carbocycles. The van der Waals surface area contributed by atoms with Gasteiger partial charge in [-0.3, -0.25) is 4.79 Å². The van der Waals surface area contributed by atoms with Crippen molar-refractivity contribution in [3.05, 3.63) is 63.9 Å². The molecule has 9 heteroatoms. The molecule has 2 rings (SSSR count). The van der Waals surface area contributed by atoms with Gasteiger partial charge in [0.05, 0.1) is 10.9 Å². The molecule has 1 atom stereocenters. The summed E-state index contributed by atoms with van der Waals surface area (Å²) in [7, 11) is -3.92. The van der Waals surface area contributed by atoms with Crippen LogP contribution in [0.15, 0.2) is 47.4 Å². The van der Waals surface area contributed by atoms with Crippen LogP contribution in [-0.2, 0) is 21.2 Å². The van der Waals surface area contributed by atoms with E-state index in [4.69, 9.17) is 23.2 Å². The summed E-state index contributed by atoms with van der Waals surface area (Å²) in [5, 5.41) is 3.66. The van der Waals surface area contributed by atoms with Crippen LogP contribution in [0.25, 0.3) is 0 Å². The first-order chi connectivity index (χ1) is 12.2. The lowest BCUT2D eigenvalue weighted by molar-refractivity contribution is -0.122. The molecular formula is C17H17Cl2FN2O3S. The Morgan fingerprint density at radius 2 is 1.81 bits per heavy atom. The topological polar surface area (TPSA) is 75.3 Å². The van der Waals surface area contributed by atoms with Crippen molar-refractivity contribution < 1.29 is 17.6 Å². The molecule has 2 N–H and O–H groups in total. The van der Waals surface area contributed by atoms with Crippen LogP contribution in [0.2, 0.25) is 10.0 Å². The summed E-state index contributed by atoms with van der Waals surface area (Å²) < 4.78 is 39.5. The summed E-state index contributed by atoms with van der Waals surface area (Å²) in [6.45, 7) is 1.70. The first-order valence-electron chi connectivity index (χ1n) is 7.68. The molecule has 0 aromatic heterocycles. The second kappa shape index (κ2) is 8.81. The Morgan fingerprint density at radius 1 is 1.15 bits per heavy atom. The van der Waals surface area contributed by atoms with Crippen molar-refractivity contribution in [1.29, 1.82) is 0 Å². The SMILES string of the molecule is C[C@H](NS(=O)(=O)c1ccc(F)cc1)C(=O)NCCc1ccc(Cl)cc1Cl. The van der Waals surface area contributed by atoms with Gasteiger partial charge in [-0.1, -0.05) is 29.3 Å². The van der Waals surface area contributed by atoms with Gasteiger partial charge in [-0.2, -0.15) is 4.72 Å². The van der Waals surface area contributed by atoms with Crippen LogP contribution in [0.1, 0.15) is 12.5 Å². The monoisotopic (exact) mass is 418 g/mol.